The minimum Gasteiger partial charge on any atom is -0.481 e. The van der Waals surface area contributed by atoms with Crippen molar-refractivity contribution in [1.82, 2.24) is 4.98 Å². The summed E-state index contributed by atoms with van der Waals surface area (Å²) in [6.07, 6.45) is 1.46. The lowest BCUT2D eigenvalue weighted by Crippen LogP contribution is -2.30. The second-order valence-corrected chi connectivity index (χ2v) is 7.48. The van der Waals surface area contributed by atoms with Crippen LogP contribution in [0.2, 0.25) is 0 Å². The summed E-state index contributed by atoms with van der Waals surface area (Å²) < 4.78 is 12.4. The van der Waals surface area contributed by atoms with Gasteiger partial charge >= 0.3 is 5.97 Å². The van der Waals surface area contributed by atoms with Crippen LogP contribution in [0.1, 0.15) is 54.3 Å². The van der Waals surface area contributed by atoms with Gasteiger partial charge in [0.25, 0.3) is 0 Å². The van der Waals surface area contributed by atoms with Crippen LogP contribution in [-0.2, 0) is 21.6 Å². The van der Waals surface area contributed by atoms with E-state index in [1.807, 2.05) is 62.4 Å². The maximum absolute atomic E-state index is 11.6. The molecule has 1 heterocycles. The van der Waals surface area contributed by atoms with Crippen molar-refractivity contribution in [2.75, 3.05) is 6.61 Å². The largest absolute Gasteiger partial charge is 0.481 e. The zero-order chi connectivity index (χ0) is 20.6. The number of nitrogens with zero attached hydrogens (tertiary/aromatic N) is 1. The SMILES string of the molecule is CCOC1(c2nc(-c3ccccc3)oc2C)CCc2c(C(C)C(=O)O)cccc21. The molecule has 29 heavy (non-hydrogen) atoms. The first-order valence-corrected chi connectivity index (χ1v) is 10.00. The Balaban J connectivity index is 1.86. The van der Waals surface area contributed by atoms with Crippen LogP contribution in [0.5, 0.6) is 0 Å². The fraction of sp³-hybridized carbons (Fsp3) is 0.333. The summed E-state index contributed by atoms with van der Waals surface area (Å²) in [6, 6.07) is 15.7. The molecule has 2 unspecified atom stereocenters. The minimum absolute atomic E-state index is 0.519. The van der Waals surface area contributed by atoms with Crippen LogP contribution in [0.15, 0.2) is 52.9 Å². The van der Waals surface area contributed by atoms with E-state index in [-0.39, 0.29) is 0 Å². The van der Waals surface area contributed by atoms with E-state index in [2.05, 4.69) is 0 Å². The van der Waals surface area contributed by atoms with Gasteiger partial charge in [0.1, 0.15) is 17.1 Å². The Morgan fingerprint density at radius 2 is 2.00 bits per heavy atom. The van der Waals surface area contributed by atoms with Crippen molar-refractivity contribution in [1.29, 1.82) is 0 Å². The van der Waals surface area contributed by atoms with Gasteiger partial charge in [-0.3, -0.25) is 4.79 Å². The summed E-state index contributed by atoms with van der Waals surface area (Å²) >= 11 is 0. The van der Waals surface area contributed by atoms with E-state index in [1.165, 1.54) is 0 Å². The molecule has 5 heteroatoms. The Hall–Kier alpha value is -2.92. The van der Waals surface area contributed by atoms with Crippen molar-refractivity contribution < 1.29 is 19.1 Å². The Bertz CT molecular complexity index is 1040. The van der Waals surface area contributed by atoms with Crippen LogP contribution >= 0.6 is 0 Å². The van der Waals surface area contributed by atoms with Crippen LogP contribution in [0.3, 0.4) is 0 Å². The third kappa shape index (κ3) is 3.15. The fourth-order valence-corrected chi connectivity index (χ4v) is 4.42. The zero-order valence-corrected chi connectivity index (χ0v) is 16.9. The lowest BCUT2D eigenvalue weighted by Gasteiger charge is -2.29. The number of oxazole rings is 1. The van der Waals surface area contributed by atoms with Gasteiger partial charge in [0.05, 0.1) is 5.92 Å². The van der Waals surface area contributed by atoms with Crippen molar-refractivity contribution in [3.05, 3.63) is 76.7 Å². The molecule has 1 aromatic heterocycles. The van der Waals surface area contributed by atoms with Gasteiger partial charge in [-0.15, -0.1) is 0 Å². The molecule has 0 fully saturated rings. The van der Waals surface area contributed by atoms with E-state index in [9.17, 15) is 9.90 Å². The first-order chi connectivity index (χ1) is 14.0. The molecule has 2 atom stereocenters. The Morgan fingerprint density at radius 3 is 2.69 bits per heavy atom. The molecule has 0 saturated carbocycles. The van der Waals surface area contributed by atoms with Crippen LogP contribution in [0, 0.1) is 6.92 Å². The van der Waals surface area contributed by atoms with Crippen molar-refractivity contribution in [2.45, 2.75) is 45.1 Å². The molecule has 4 rings (SSSR count). The fourth-order valence-electron chi connectivity index (χ4n) is 4.42. The monoisotopic (exact) mass is 391 g/mol. The molecule has 0 saturated heterocycles. The molecule has 2 aromatic carbocycles. The standard InChI is InChI=1S/C24H25NO4/c1-4-28-24(21-16(3)29-22(25-21)17-9-6-5-7-10-17)14-13-19-18(15(2)23(26)27)11-8-12-20(19)24/h5-12,15H,4,13-14H2,1-3H3,(H,26,27). The summed E-state index contributed by atoms with van der Waals surface area (Å²) in [6.45, 7) is 6.13. The first kappa shape index (κ1) is 19.4. The third-order valence-electron chi connectivity index (χ3n) is 5.80. The molecule has 0 radical (unpaired) electrons. The van der Waals surface area contributed by atoms with Gasteiger partial charge in [0.2, 0.25) is 5.89 Å². The van der Waals surface area contributed by atoms with E-state index in [1.54, 1.807) is 6.92 Å². The number of hydrogen-bond donors (Lipinski definition) is 1. The van der Waals surface area contributed by atoms with E-state index in [4.69, 9.17) is 14.1 Å². The van der Waals surface area contributed by atoms with Crippen LogP contribution in [-0.4, -0.2) is 22.7 Å². The van der Waals surface area contributed by atoms with Gasteiger partial charge in [0.15, 0.2) is 0 Å². The molecule has 0 bridgehead atoms. The maximum atomic E-state index is 11.6. The summed E-state index contributed by atoms with van der Waals surface area (Å²) in [5.41, 5.74) is 3.87. The number of carboxylic acid groups (broad SMARTS) is 1. The number of fused-ring (bicyclic) bond motifs is 1. The number of hydrogen-bond acceptors (Lipinski definition) is 4. The second kappa shape index (κ2) is 7.48. The molecule has 1 N–H and O–H groups in total. The molecule has 3 aromatic rings. The number of rotatable bonds is 6. The van der Waals surface area contributed by atoms with E-state index in [0.29, 0.717) is 18.9 Å². The van der Waals surface area contributed by atoms with Crippen LogP contribution in [0.4, 0.5) is 0 Å². The quantitative estimate of drug-likeness (QED) is 0.635. The second-order valence-electron chi connectivity index (χ2n) is 7.48. The highest BCUT2D eigenvalue weighted by Gasteiger charge is 2.46. The first-order valence-electron chi connectivity index (χ1n) is 10.00. The minimum atomic E-state index is -0.823. The average molecular weight is 391 g/mol. The van der Waals surface area contributed by atoms with E-state index in [0.717, 1.165) is 40.1 Å². The number of aromatic nitrogens is 1. The lowest BCUT2D eigenvalue weighted by atomic mass is 9.88. The molecule has 150 valence electrons. The van der Waals surface area contributed by atoms with E-state index >= 15 is 0 Å². The molecule has 1 aliphatic rings. The predicted octanol–water partition coefficient (Wildman–Crippen LogP) is 5.06. The van der Waals surface area contributed by atoms with Crippen LogP contribution in [0.25, 0.3) is 11.5 Å². The van der Waals surface area contributed by atoms with Gasteiger partial charge < -0.3 is 14.3 Å². The highest BCUT2D eigenvalue weighted by Crippen LogP contribution is 2.48. The van der Waals surface area contributed by atoms with Gasteiger partial charge in [-0.2, -0.15) is 0 Å². The van der Waals surface area contributed by atoms with Gasteiger partial charge in [-0.05, 0) is 62.4 Å². The Kier molecular flexibility index (Phi) is 5.01. The Morgan fingerprint density at radius 1 is 1.24 bits per heavy atom. The Labute approximate surface area is 170 Å². The average Bonchev–Trinajstić information content (AvgIpc) is 3.30. The summed E-state index contributed by atoms with van der Waals surface area (Å²) in [5, 5.41) is 9.53. The summed E-state index contributed by atoms with van der Waals surface area (Å²) in [5.74, 6) is -0.0977. The van der Waals surface area contributed by atoms with Crippen molar-refractivity contribution in [2.24, 2.45) is 0 Å². The molecule has 0 spiro atoms. The predicted molar refractivity (Wildman–Crippen MR) is 110 cm³/mol. The van der Waals surface area contributed by atoms with Crippen molar-refractivity contribution >= 4 is 5.97 Å². The smallest absolute Gasteiger partial charge is 0.310 e. The molecule has 0 aliphatic heterocycles. The number of aryl methyl sites for hydroxylation is 1. The molecule has 5 nitrogen and oxygen atoms in total. The normalized spacial score (nSPS) is 19.1. The lowest BCUT2D eigenvalue weighted by molar-refractivity contribution is -0.138. The van der Waals surface area contributed by atoms with Gasteiger partial charge in [0, 0.05) is 12.2 Å². The molecule has 0 amide bonds. The molecular weight excluding hydrogens is 366 g/mol. The number of ether oxygens (including phenoxy) is 1. The van der Waals surface area contributed by atoms with E-state index < -0.39 is 17.5 Å². The zero-order valence-electron chi connectivity index (χ0n) is 16.9. The number of carboxylic acids is 1. The topological polar surface area (TPSA) is 72.6 Å². The molecular formula is C24H25NO4. The highest BCUT2D eigenvalue weighted by molar-refractivity contribution is 5.76. The van der Waals surface area contributed by atoms with Gasteiger partial charge in [-0.1, -0.05) is 36.4 Å². The number of benzene rings is 2. The van der Waals surface area contributed by atoms with Crippen LogP contribution < -0.4 is 0 Å². The van der Waals surface area contributed by atoms with Crippen molar-refractivity contribution in [3.63, 3.8) is 0 Å². The summed E-state index contributed by atoms with van der Waals surface area (Å²) in [7, 11) is 0. The summed E-state index contributed by atoms with van der Waals surface area (Å²) in [4.78, 5) is 16.5. The number of carbonyl (C=O) groups is 1. The third-order valence-corrected chi connectivity index (χ3v) is 5.80. The maximum Gasteiger partial charge on any atom is 0.310 e. The highest BCUT2D eigenvalue weighted by atomic mass is 16.5. The van der Waals surface area contributed by atoms with Crippen molar-refractivity contribution in [3.8, 4) is 11.5 Å². The van der Waals surface area contributed by atoms with Gasteiger partial charge in [-0.25, -0.2) is 4.98 Å². The number of aliphatic carboxylic acids is 1. The molecule has 1 aliphatic carbocycles.